The first-order valence-electron chi connectivity index (χ1n) is 10.0. The van der Waals surface area contributed by atoms with Crippen molar-refractivity contribution in [2.45, 2.75) is 73.6 Å². The molecule has 0 aliphatic heterocycles. The lowest BCUT2D eigenvalue weighted by Crippen LogP contribution is -2.26. The molecule has 0 fully saturated rings. The summed E-state index contributed by atoms with van der Waals surface area (Å²) in [7, 11) is 4.19. The molecule has 2 rings (SSSR count). The molecule has 0 aromatic heterocycles. The summed E-state index contributed by atoms with van der Waals surface area (Å²) in [5.41, 5.74) is 5.83. The van der Waals surface area contributed by atoms with E-state index < -0.39 is 0 Å². The predicted molar refractivity (Wildman–Crippen MR) is 125 cm³/mol. The molecule has 0 spiro atoms. The average molecular weight is 406 g/mol. The standard InChI is InChI=1S/C17H22ClN.C6H14.C2H4O/c1-12-6-7-14(18)10-15(12)17(3)9-8-13(2)16(11-17)19(4)5;1-5-6(2,3)4;1-2-3/h6-8,10-11H,9H2,1-5H3;5H2,1-4H3;2H,1H3. The lowest BCUT2D eigenvalue weighted by Gasteiger charge is -2.34. The summed E-state index contributed by atoms with van der Waals surface area (Å²) in [5.74, 6) is 0. The molecule has 1 atom stereocenters. The molecule has 1 aromatic carbocycles. The third kappa shape index (κ3) is 8.65. The number of allylic oxidation sites excluding steroid dienone is 3. The van der Waals surface area contributed by atoms with E-state index in [-0.39, 0.29) is 5.41 Å². The summed E-state index contributed by atoms with van der Waals surface area (Å²) < 4.78 is 0. The van der Waals surface area contributed by atoms with Crippen LogP contribution in [0.5, 0.6) is 0 Å². The van der Waals surface area contributed by atoms with E-state index in [0.717, 1.165) is 17.7 Å². The summed E-state index contributed by atoms with van der Waals surface area (Å²) in [4.78, 5) is 11.0. The van der Waals surface area contributed by atoms with Crippen LogP contribution in [0.25, 0.3) is 0 Å². The number of hydrogen-bond acceptors (Lipinski definition) is 2. The molecule has 0 amide bonds. The van der Waals surface area contributed by atoms with Gasteiger partial charge in [-0.2, -0.15) is 0 Å². The summed E-state index contributed by atoms with van der Waals surface area (Å²) >= 11 is 6.18. The van der Waals surface area contributed by atoms with Crippen molar-refractivity contribution in [2.75, 3.05) is 14.1 Å². The fourth-order valence-corrected chi connectivity index (χ4v) is 3.00. The molecule has 1 unspecified atom stereocenters. The molecule has 0 saturated heterocycles. The summed E-state index contributed by atoms with van der Waals surface area (Å²) in [6.45, 7) is 17.0. The van der Waals surface area contributed by atoms with Gasteiger partial charge >= 0.3 is 0 Å². The summed E-state index contributed by atoms with van der Waals surface area (Å²) in [6.07, 6.45) is 7.75. The van der Waals surface area contributed by atoms with Gasteiger partial charge in [0.2, 0.25) is 0 Å². The van der Waals surface area contributed by atoms with Crippen molar-refractivity contribution in [2.24, 2.45) is 5.41 Å². The highest BCUT2D eigenvalue weighted by molar-refractivity contribution is 6.30. The Morgan fingerprint density at radius 2 is 1.71 bits per heavy atom. The van der Waals surface area contributed by atoms with Crippen LogP contribution >= 0.6 is 11.6 Å². The molecule has 158 valence electrons. The van der Waals surface area contributed by atoms with Crippen LogP contribution < -0.4 is 0 Å². The number of carbonyl (C=O) groups excluding carboxylic acids is 1. The Labute approximate surface area is 178 Å². The molecular weight excluding hydrogens is 366 g/mol. The lowest BCUT2D eigenvalue weighted by molar-refractivity contribution is -0.106. The third-order valence-corrected chi connectivity index (χ3v) is 5.28. The number of carbonyl (C=O) groups is 1. The Morgan fingerprint density at radius 3 is 2.14 bits per heavy atom. The smallest absolute Gasteiger partial charge is 0.116 e. The molecule has 0 radical (unpaired) electrons. The Kier molecular flexibility index (Phi) is 10.8. The summed E-state index contributed by atoms with van der Waals surface area (Å²) in [5, 5.41) is 0.813. The molecule has 0 bridgehead atoms. The zero-order chi connectivity index (χ0) is 22.1. The molecule has 1 aliphatic carbocycles. The topological polar surface area (TPSA) is 20.3 Å². The van der Waals surface area contributed by atoms with Crippen molar-refractivity contribution >= 4 is 17.9 Å². The number of aryl methyl sites for hydroxylation is 1. The second-order valence-electron chi connectivity index (χ2n) is 9.04. The molecule has 0 saturated carbocycles. The Balaban J connectivity index is 0.000000683. The Bertz CT molecular complexity index is 695. The van der Waals surface area contributed by atoms with Gasteiger partial charge in [-0.1, -0.05) is 70.9 Å². The molecule has 0 heterocycles. The van der Waals surface area contributed by atoms with E-state index in [1.54, 1.807) is 0 Å². The minimum Gasteiger partial charge on any atom is -0.378 e. The minimum absolute atomic E-state index is 0.0219. The molecule has 28 heavy (non-hydrogen) atoms. The number of benzene rings is 1. The quantitative estimate of drug-likeness (QED) is 0.479. The van der Waals surface area contributed by atoms with Gasteiger partial charge in [0, 0.05) is 30.2 Å². The van der Waals surface area contributed by atoms with Crippen LogP contribution in [0.15, 0.2) is 41.6 Å². The molecular formula is C25H40ClNO. The zero-order valence-corrected chi connectivity index (χ0v) is 20.4. The molecule has 2 nitrogen and oxygen atoms in total. The number of aldehydes is 1. The van der Waals surface area contributed by atoms with E-state index in [1.165, 1.54) is 35.7 Å². The second kappa shape index (κ2) is 11.5. The summed E-state index contributed by atoms with van der Waals surface area (Å²) in [6, 6.07) is 6.18. The maximum Gasteiger partial charge on any atom is 0.116 e. The van der Waals surface area contributed by atoms with Gasteiger partial charge in [-0.3, -0.25) is 0 Å². The number of rotatable bonds is 2. The number of nitrogens with zero attached hydrogens (tertiary/aromatic N) is 1. The van der Waals surface area contributed by atoms with E-state index in [4.69, 9.17) is 16.4 Å². The SMILES string of the molecule is CC1=CCC(C)(c2cc(Cl)ccc2C)C=C1N(C)C.CC=O.CCC(C)(C)C. The minimum atomic E-state index is 0.0219. The fourth-order valence-electron chi connectivity index (χ4n) is 2.82. The van der Waals surface area contributed by atoms with E-state index in [9.17, 15) is 0 Å². The van der Waals surface area contributed by atoms with Crippen LogP contribution in [0.2, 0.25) is 5.02 Å². The zero-order valence-electron chi connectivity index (χ0n) is 19.6. The molecule has 3 heteroatoms. The van der Waals surface area contributed by atoms with Crippen LogP contribution in [-0.4, -0.2) is 25.3 Å². The highest BCUT2D eigenvalue weighted by atomic mass is 35.5. The molecule has 1 aromatic rings. The first-order valence-corrected chi connectivity index (χ1v) is 10.4. The van der Waals surface area contributed by atoms with Gasteiger partial charge in [-0.25, -0.2) is 0 Å². The van der Waals surface area contributed by atoms with Crippen molar-refractivity contribution < 1.29 is 4.79 Å². The molecule has 0 N–H and O–H groups in total. The van der Waals surface area contributed by atoms with Crippen molar-refractivity contribution in [3.8, 4) is 0 Å². The van der Waals surface area contributed by atoms with E-state index in [1.807, 2.05) is 6.07 Å². The first kappa shape index (κ1) is 26.5. The van der Waals surface area contributed by atoms with Crippen LogP contribution in [0, 0.1) is 12.3 Å². The second-order valence-corrected chi connectivity index (χ2v) is 9.48. The number of likely N-dealkylation sites (N-methyl/N-ethyl adjacent to an activating group) is 1. The van der Waals surface area contributed by atoms with Gasteiger partial charge in [-0.05, 0) is 61.4 Å². The van der Waals surface area contributed by atoms with Gasteiger partial charge in [0.15, 0.2) is 0 Å². The van der Waals surface area contributed by atoms with Gasteiger partial charge in [0.05, 0.1) is 0 Å². The fraction of sp³-hybridized carbons (Fsp3) is 0.560. The van der Waals surface area contributed by atoms with Gasteiger partial charge in [0.25, 0.3) is 0 Å². The van der Waals surface area contributed by atoms with E-state index in [2.05, 4.69) is 91.7 Å². The monoisotopic (exact) mass is 405 g/mol. The predicted octanol–water partition coefficient (Wildman–Crippen LogP) is 7.35. The van der Waals surface area contributed by atoms with E-state index in [0.29, 0.717) is 5.41 Å². The Hall–Kier alpha value is -1.54. The number of halogens is 1. The lowest BCUT2D eigenvalue weighted by atomic mass is 9.73. The van der Waals surface area contributed by atoms with Crippen LogP contribution in [-0.2, 0) is 10.2 Å². The maximum absolute atomic E-state index is 8.81. The van der Waals surface area contributed by atoms with Crippen LogP contribution in [0.4, 0.5) is 0 Å². The first-order chi connectivity index (χ1) is 12.8. The van der Waals surface area contributed by atoms with Crippen molar-refractivity contribution in [3.05, 3.63) is 57.8 Å². The van der Waals surface area contributed by atoms with Crippen molar-refractivity contribution in [1.82, 2.24) is 4.90 Å². The van der Waals surface area contributed by atoms with Crippen molar-refractivity contribution in [3.63, 3.8) is 0 Å². The van der Waals surface area contributed by atoms with E-state index >= 15 is 0 Å². The highest BCUT2D eigenvalue weighted by Crippen LogP contribution is 2.39. The maximum atomic E-state index is 8.81. The Morgan fingerprint density at radius 1 is 1.21 bits per heavy atom. The average Bonchev–Trinajstić information content (AvgIpc) is 2.60. The van der Waals surface area contributed by atoms with Crippen LogP contribution in [0.3, 0.4) is 0 Å². The van der Waals surface area contributed by atoms with Gasteiger partial charge in [0.1, 0.15) is 6.29 Å². The highest BCUT2D eigenvalue weighted by Gasteiger charge is 2.29. The normalized spacial score (nSPS) is 18.5. The van der Waals surface area contributed by atoms with Gasteiger partial charge in [-0.15, -0.1) is 0 Å². The van der Waals surface area contributed by atoms with Crippen molar-refractivity contribution in [1.29, 1.82) is 0 Å². The van der Waals surface area contributed by atoms with Crippen LogP contribution in [0.1, 0.15) is 72.4 Å². The number of hydrogen-bond donors (Lipinski definition) is 0. The largest absolute Gasteiger partial charge is 0.378 e. The van der Waals surface area contributed by atoms with Gasteiger partial charge < -0.3 is 9.69 Å². The molecule has 1 aliphatic rings. The third-order valence-electron chi connectivity index (χ3n) is 5.05.